The van der Waals surface area contributed by atoms with Crippen LogP contribution in [0.1, 0.15) is 28.8 Å². The molecule has 0 bridgehead atoms. The largest absolute Gasteiger partial charge is 0.461 e. The van der Waals surface area contributed by atoms with Crippen LogP contribution in [0.3, 0.4) is 0 Å². The molecule has 0 saturated carbocycles. The molecule has 0 aromatic carbocycles. The number of rotatable bonds is 4. The molecule has 1 fully saturated rings. The van der Waals surface area contributed by atoms with Crippen LogP contribution in [0.25, 0.3) is 10.6 Å². The van der Waals surface area contributed by atoms with Crippen LogP contribution in [0.2, 0.25) is 0 Å². The van der Waals surface area contributed by atoms with Crippen LogP contribution >= 0.6 is 11.3 Å². The molecule has 2 unspecified atom stereocenters. The Balaban J connectivity index is 1.66. The van der Waals surface area contributed by atoms with Gasteiger partial charge in [-0.3, -0.25) is 4.79 Å². The van der Waals surface area contributed by atoms with Gasteiger partial charge in [-0.05, 0) is 44.5 Å². The molecule has 1 aliphatic rings. The Kier molecular flexibility index (Phi) is 4.12. The van der Waals surface area contributed by atoms with E-state index in [0.717, 1.165) is 36.0 Å². The SMILES string of the molecule is Cc1ccc(-c2ccc(C(=O)NC(C)C3CCOC3)s2)o1. The van der Waals surface area contributed by atoms with Crippen molar-refractivity contribution in [1.29, 1.82) is 0 Å². The minimum atomic E-state index is -0.0195. The number of aryl methyl sites for hydroxylation is 1. The summed E-state index contributed by atoms with van der Waals surface area (Å²) in [6, 6.07) is 7.78. The van der Waals surface area contributed by atoms with E-state index in [9.17, 15) is 4.79 Å². The van der Waals surface area contributed by atoms with Crippen LogP contribution in [0.15, 0.2) is 28.7 Å². The number of carbonyl (C=O) groups excluding carboxylic acids is 1. The van der Waals surface area contributed by atoms with E-state index in [0.29, 0.717) is 10.8 Å². The molecular formula is C16H19NO3S. The molecule has 2 atom stereocenters. The summed E-state index contributed by atoms with van der Waals surface area (Å²) in [5, 5.41) is 3.07. The van der Waals surface area contributed by atoms with Gasteiger partial charge in [0.05, 0.1) is 16.4 Å². The molecule has 5 heteroatoms. The molecule has 3 heterocycles. The van der Waals surface area contributed by atoms with Gasteiger partial charge in [-0.25, -0.2) is 0 Å². The number of nitrogens with one attached hydrogen (secondary N) is 1. The van der Waals surface area contributed by atoms with Crippen LogP contribution in [0.4, 0.5) is 0 Å². The maximum absolute atomic E-state index is 12.3. The first-order valence-corrected chi connectivity index (χ1v) is 8.00. The van der Waals surface area contributed by atoms with Gasteiger partial charge < -0.3 is 14.5 Å². The highest BCUT2D eigenvalue weighted by atomic mass is 32.1. The summed E-state index contributed by atoms with van der Waals surface area (Å²) in [6.45, 7) is 5.49. The Bertz CT molecular complexity index is 625. The number of hydrogen-bond donors (Lipinski definition) is 1. The minimum Gasteiger partial charge on any atom is -0.461 e. The summed E-state index contributed by atoms with van der Waals surface area (Å²) in [5.41, 5.74) is 0. The van der Waals surface area contributed by atoms with E-state index in [1.807, 2.05) is 38.1 Å². The normalized spacial score (nSPS) is 19.6. The molecule has 2 aromatic rings. The zero-order valence-electron chi connectivity index (χ0n) is 12.2. The summed E-state index contributed by atoms with van der Waals surface area (Å²) < 4.78 is 11.0. The van der Waals surface area contributed by atoms with Crippen LogP contribution in [-0.2, 0) is 4.74 Å². The predicted molar refractivity (Wildman–Crippen MR) is 82.6 cm³/mol. The molecule has 1 amide bonds. The van der Waals surface area contributed by atoms with Crippen molar-refractivity contribution in [3.63, 3.8) is 0 Å². The van der Waals surface area contributed by atoms with Gasteiger partial charge in [0.2, 0.25) is 0 Å². The van der Waals surface area contributed by atoms with Crippen molar-refractivity contribution in [3.8, 4) is 10.6 Å². The van der Waals surface area contributed by atoms with E-state index in [-0.39, 0.29) is 11.9 Å². The van der Waals surface area contributed by atoms with Crippen LogP contribution in [0.5, 0.6) is 0 Å². The number of carbonyl (C=O) groups is 1. The molecule has 1 saturated heterocycles. The van der Waals surface area contributed by atoms with E-state index in [1.165, 1.54) is 11.3 Å². The number of furan rings is 1. The molecule has 3 rings (SSSR count). The lowest BCUT2D eigenvalue weighted by atomic mass is 10.0. The average molecular weight is 305 g/mol. The molecule has 112 valence electrons. The van der Waals surface area contributed by atoms with E-state index in [4.69, 9.17) is 9.15 Å². The molecule has 4 nitrogen and oxygen atoms in total. The first-order chi connectivity index (χ1) is 10.1. The smallest absolute Gasteiger partial charge is 0.261 e. The third-order valence-corrected chi connectivity index (χ3v) is 4.94. The van der Waals surface area contributed by atoms with Gasteiger partial charge in [-0.1, -0.05) is 0 Å². The first kappa shape index (κ1) is 14.4. The molecule has 1 aliphatic heterocycles. The topological polar surface area (TPSA) is 51.5 Å². The fourth-order valence-electron chi connectivity index (χ4n) is 2.50. The summed E-state index contributed by atoms with van der Waals surface area (Å²) in [6.07, 6.45) is 1.02. The molecule has 2 aromatic heterocycles. The van der Waals surface area contributed by atoms with Gasteiger partial charge in [-0.15, -0.1) is 11.3 Å². The highest BCUT2D eigenvalue weighted by molar-refractivity contribution is 7.17. The number of hydrogen-bond acceptors (Lipinski definition) is 4. The van der Waals surface area contributed by atoms with Crippen molar-refractivity contribution in [2.45, 2.75) is 26.3 Å². The van der Waals surface area contributed by atoms with Gasteiger partial charge in [-0.2, -0.15) is 0 Å². The standard InChI is InChI=1S/C16H19NO3S/c1-10-3-4-13(20-10)14-5-6-15(21-14)16(18)17-11(2)12-7-8-19-9-12/h3-6,11-12H,7-9H2,1-2H3,(H,17,18). The Morgan fingerprint density at radius 2 is 2.24 bits per heavy atom. The van der Waals surface area contributed by atoms with Gasteiger partial charge in [0, 0.05) is 18.6 Å². The number of amides is 1. The van der Waals surface area contributed by atoms with E-state index in [2.05, 4.69) is 5.32 Å². The third-order valence-electron chi connectivity index (χ3n) is 3.84. The summed E-state index contributed by atoms with van der Waals surface area (Å²) in [5.74, 6) is 2.09. The average Bonchev–Trinajstić information content (AvgIpc) is 3.19. The maximum Gasteiger partial charge on any atom is 0.261 e. The lowest BCUT2D eigenvalue weighted by Crippen LogP contribution is -2.38. The number of ether oxygens (including phenoxy) is 1. The molecule has 1 N–H and O–H groups in total. The second-order valence-electron chi connectivity index (χ2n) is 5.46. The monoisotopic (exact) mass is 305 g/mol. The van der Waals surface area contributed by atoms with Crippen LogP contribution in [0, 0.1) is 12.8 Å². The van der Waals surface area contributed by atoms with Gasteiger partial charge in [0.25, 0.3) is 5.91 Å². The Morgan fingerprint density at radius 3 is 2.90 bits per heavy atom. The highest BCUT2D eigenvalue weighted by Gasteiger charge is 2.24. The van der Waals surface area contributed by atoms with Crippen molar-refractivity contribution in [1.82, 2.24) is 5.32 Å². The van der Waals surface area contributed by atoms with Crippen molar-refractivity contribution in [3.05, 3.63) is 34.9 Å². The van der Waals surface area contributed by atoms with Crippen molar-refractivity contribution in [2.75, 3.05) is 13.2 Å². The molecule has 0 spiro atoms. The van der Waals surface area contributed by atoms with Crippen molar-refractivity contribution < 1.29 is 13.9 Å². The van der Waals surface area contributed by atoms with Crippen LogP contribution in [-0.4, -0.2) is 25.2 Å². The van der Waals surface area contributed by atoms with Crippen molar-refractivity contribution in [2.24, 2.45) is 5.92 Å². The fraction of sp³-hybridized carbons (Fsp3) is 0.438. The van der Waals surface area contributed by atoms with Crippen molar-refractivity contribution >= 4 is 17.2 Å². The summed E-state index contributed by atoms with van der Waals surface area (Å²) in [4.78, 5) is 14.0. The van der Waals surface area contributed by atoms with E-state index >= 15 is 0 Å². The van der Waals surface area contributed by atoms with Gasteiger partial charge in [0.1, 0.15) is 11.5 Å². The third kappa shape index (κ3) is 3.19. The zero-order valence-corrected chi connectivity index (χ0v) is 13.0. The second kappa shape index (κ2) is 6.03. The summed E-state index contributed by atoms with van der Waals surface area (Å²) in [7, 11) is 0. The predicted octanol–water partition coefficient (Wildman–Crippen LogP) is 3.47. The lowest BCUT2D eigenvalue weighted by molar-refractivity contribution is 0.0926. The Morgan fingerprint density at radius 1 is 1.38 bits per heavy atom. The first-order valence-electron chi connectivity index (χ1n) is 7.19. The van der Waals surface area contributed by atoms with E-state index in [1.54, 1.807) is 0 Å². The molecule has 0 radical (unpaired) electrons. The van der Waals surface area contributed by atoms with E-state index < -0.39 is 0 Å². The van der Waals surface area contributed by atoms with Gasteiger partial charge in [0.15, 0.2) is 0 Å². The minimum absolute atomic E-state index is 0.0195. The maximum atomic E-state index is 12.3. The summed E-state index contributed by atoms with van der Waals surface area (Å²) >= 11 is 1.45. The molecule has 21 heavy (non-hydrogen) atoms. The lowest BCUT2D eigenvalue weighted by Gasteiger charge is -2.18. The Labute approximate surface area is 128 Å². The van der Waals surface area contributed by atoms with Crippen LogP contribution < -0.4 is 5.32 Å². The van der Waals surface area contributed by atoms with Gasteiger partial charge >= 0.3 is 0 Å². The molecule has 0 aliphatic carbocycles. The highest BCUT2D eigenvalue weighted by Crippen LogP contribution is 2.29. The second-order valence-corrected chi connectivity index (χ2v) is 6.54. The fourth-order valence-corrected chi connectivity index (χ4v) is 3.37. The number of thiophene rings is 1. The Hall–Kier alpha value is -1.59. The quantitative estimate of drug-likeness (QED) is 0.941. The molecular weight excluding hydrogens is 286 g/mol. The zero-order chi connectivity index (χ0) is 14.8.